The molecule has 0 fully saturated rings. The summed E-state index contributed by atoms with van der Waals surface area (Å²) in [5.41, 5.74) is 0.273. The minimum absolute atomic E-state index is 0.139. The van der Waals surface area contributed by atoms with Gasteiger partial charge in [-0.3, -0.25) is 4.79 Å². The van der Waals surface area contributed by atoms with Crippen molar-refractivity contribution in [3.8, 4) is 0 Å². The molecule has 0 aliphatic heterocycles. The van der Waals surface area contributed by atoms with E-state index in [2.05, 4.69) is 25.9 Å². The van der Waals surface area contributed by atoms with Crippen LogP contribution < -0.4 is 0 Å². The third-order valence-corrected chi connectivity index (χ3v) is 4.55. The maximum absolute atomic E-state index is 12.0. The van der Waals surface area contributed by atoms with Crippen LogP contribution in [0.25, 0.3) is 0 Å². The molecule has 0 unspecified atom stereocenters. The van der Waals surface area contributed by atoms with Crippen LogP contribution in [-0.2, 0) is 0 Å². The van der Waals surface area contributed by atoms with Crippen LogP contribution in [0, 0.1) is 0 Å². The first-order valence-corrected chi connectivity index (χ1v) is 6.41. The molecule has 0 atom stereocenters. The zero-order valence-corrected chi connectivity index (χ0v) is 11.5. The largest absolute Gasteiger partial charge is 0.288 e. The van der Waals surface area contributed by atoms with Crippen LogP contribution in [0.3, 0.4) is 0 Å². The Kier molecular flexibility index (Phi) is 3.59. The van der Waals surface area contributed by atoms with Crippen molar-refractivity contribution in [1.29, 1.82) is 0 Å². The van der Waals surface area contributed by atoms with Gasteiger partial charge in [-0.1, -0.05) is 23.2 Å². The Balaban J connectivity index is 2.43. The van der Waals surface area contributed by atoms with Crippen molar-refractivity contribution in [2.45, 2.75) is 0 Å². The predicted octanol–water partition coefficient (Wildman–Crippen LogP) is 3.84. The van der Waals surface area contributed by atoms with Gasteiger partial charge in [-0.05, 0) is 22.0 Å². The lowest BCUT2D eigenvalue weighted by molar-refractivity contribution is 0.104. The zero-order chi connectivity index (χ0) is 11.7. The smallest absolute Gasteiger partial charge is 0.207 e. The van der Waals surface area contributed by atoms with E-state index in [1.807, 2.05) is 0 Å². The van der Waals surface area contributed by atoms with E-state index in [9.17, 15) is 4.79 Å². The lowest BCUT2D eigenvalue weighted by Gasteiger charge is -1.98. The highest BCUT2D eigenvalue weighted by atomic mass is 79.9. The topological polar surface area (TPSA) is 42.9 Å². The predicted molar refractivity (Wildman–Crippen MR) is 67.5 cm³/mol. The van der Waals surface area contributed by atoms with Gasteiger partial charge in [0.2, 0.25) is 5.78 Å². The van der Waals surface area contributed by atoms with Crippen LogP contribution in [0.15, 0.2) is 23.1 Å². The molecule has 7 heteroatoms. The molecule has 2 heterocycles. The van der Waals surface area contributed by atoms with Crippen molar-refractivity contribution in [2.24, 2.45) is 0 Å². The van der Waals surface area contributed by atoms with Crippen LogP contribution in [0.1, 0.15) is 15.2 Å². The number of hydrogen-bond acceptors (Lipinski definition) is 4. The monoisotopic (exact) mass is 336 g/mol. The van der Waals surface area contributed by atoms with Crippen LogP contribution in [0.2, 0.25) is 9.49 Å². The van der Waals surface area contributed by atoms with Crippen molar-refractivity contribution in [2.75, 3.05) is 0 Å². The second kappa shape index (κ2) is 4.79. The van der Waals surface area contributed by atoms with Crippen LogP contribution in [0.4, 0.5) is 0 Å². The van der Waals surface area contributed by atoms with Gasteiger partial charge in [0.1, 0.15) is 15.8 Å². The summed E-state index contributed by atoms with van der Waals surface area (Å²) in [4.78, 5) is 20.0. The molecule has 0 spiro atoms. The second-order valence-electron chi connectivity index (χ2n) is 2.79. The molecule has 0 aliphatic carbocycles. The fourth-order valence-corrected chi connectivity index (χ4v) is 2.89. The SMILES string of the molecule is O=C(c1cc(Br)c(Cl)s1)c1cncnc1Cl. The molecule has 0 aromatic carbocycles. The fraction of sp³-hybridized carbons (Fsp3) is 0. The lowest BCUT2D eigenvalue weighted by Crippen LogP contribution is -2.01. The molecule has 0 radical (unpaired) electrons. The Morgan fingerprint density at radius 1 is 1.44 bits per heavy atom. The average molecular weight is 338 g/mol. The molecular weight excluding hydrogens is 335 g/mol. The van der Waals surface area contributed by atoms with Gasteiger partial charge in [0.25, 0.3) is 0 Å². The minimum Gasteiger partial charge on any atom is -0.288 e. The number of carbonyl (C=O) groups excluding carboxylic acids is 1. The first-order valence-electron chi connectivity index (χ1n) is 4.04. The van der Waals surface area contributed by atoms with Crippen molar-refractivity contribution in [1.82, 2.24) is 9.97 Å². The molecule has 16 heavy (non-hydrogen) atoms. The molecular formula is C9H3BrCl2N2OS. The number of rotatable bonds is 2. The van der Waals surface area contributed by atoms with E-state index in [-0.39, 0.29) is 16.5 Å². The van der Waals surface area contributed by atoms with Crippen LogP contribution in [0.5, 0.6) is 0 Å². The standard InChI is InChI=1S/C9H3BrCl2N2OS/c10-5-1-6(16-9(5)12)7(15)4-2-13-3-14-8(4)11/h1-3H. The quantitative estimate of drug-likeness (QED) is 0.617. The molecule has 2 rings (SSSR count). The van der Waals surface area contributed by atoms with E-state index in [4.69, 9.17) is 23.2 Å². The number of ketones is 1. The van der Waals surface area contributed by atoms with Crippen molar-refractivity contribution >= 4 is 56.3 Å². The van der Waals surface area contributed by atoms with Gasteiger partial charge < -0.3 is 0 Å². The fourth-order valence-electron chi connectivity index (χ4n) is 1.06. The first kappa shape index (κ1) is 12.0. The number of carbonyl (C=O) groups is 1. The summed E-state index contributed by atoms with van der Waals surface area (Å²) >= 11 is 16.1. The highest BCUT2D eigenvalue weighted by Crippen LogP contribution is 2.33. The van der Waals surface area contributed by atoms with Gasteiger partial charge in [0.05, 0.1) is 10.4 Å². The van der Waals surface area contributed by atoms with Gasteiger partial charge in [-0.2, -0.15) is 0 Å². The average Bonchev–Trinajstić information content (AvgIpc) is 2.59. The van der Waals surface area contributed by atoms with Gasteiger partial charge in [-0.15, -0.1) is 11.3 Å². The molecule has 0 saturated carbocycles. The van der Waals surface area contributed by atoms with E-state index in [1.54, 1.807) is 6.07 Å². The third-order valence-electron chi connectivity index (χ3n) is 1.78. The Labute approximate surface area is 114 Å². The Morgan fingerprint density at radius 2 is 2.19 bits per heavy atom. The number of nitrogens with zero attached hydrogens (tertiary/aromatic N) is 2. The molecule has 0 N–H and O–H groups in total. The molecule has 2 aromatic heterocycles. The number of thiophene rings is 1. The normalized spacial score (nSPS) is 10.4. The van der Waals surface area contributed by atoms with Crippen LogP contribution in [-0.4, -0.2) is 15.8 Å². The Morgan fingerprint density at radius 3 is 2.75 bits per heavy atom. The van der Waals surface area contributed by atoms with E-state index < -0.39 is 0 Å². The third kappa shape index (κ3) is 2.27. The minimum atomic E-state index is -0.233. The van der Waals surface area contributed by atoms with E-state index in [0.29, 0.717) is 13.7 Å². The van der Waals surface area contributed by atoms with E-state index in [1.165, 1.54) is 23.9 Å². The Bertz CT molecular complexity index is 539. The summed E-state index contributed by atoms with van der Waals surface area (Å²) < 4.78 is 1.21. The summed E-state index contributed by atoms with van der Waals surface area (Å²) in [7, 11) is 0. The summed E-state index contributed by atoms with van der Waals surface area (Å²) in [5.74, 6) is -0.233. The highest BCUT2D eigenvalue weighted by Gasteiger charge is 2.17. The number of hydrogen-bond donors (Lipinski definition) is 0. The van der Waals surface area contributed by atoms with Gasteiger partial charge in [-0.25, -0.2) is 9.97 Å². The lowest BCUT2D eigenvalue weighted by atomic mass is 10.2. The first-order chi connectivity index (χ1) is 7.59. The molecule has 0 amide bonds. The molecule has 2 aromatic rings. The van der Waals surface area contributed by atoms with Crippen molar-refractivity contribution < 1.29 is 4.79 Å². The maximum atomic E-state index is 12.0. The van der Waals surface area contributed by atoms with Crippen LogP contribution >= 0.6 is 50.5 Å². The van der Waals surface area contributed by atoms with Crippen molar-refractivity contribution in [3.63, 3.8) is 0 Å². The van der Waals surface area contributed by atoms with Gasteiger partial charge >= 0.3 is 0 Å². The molecule has 0 saturated heterocycles. The van der Waals surface area contributed by atoms with Crippen molar-refractivity contribution in [3.05, 3.63) is 43.0 Å². The van der Waals surface area contributed by atoms with E-state index in [0.717, 1.165) is 0 Å². The zero-order valence-electron chi connectivity index (χ0n) is 7.58. The number of aromatic nitrogens is 2. The molecule has 3 nitrogen and oxygen atoms in total. The van der Waals surface area contributed by atoms with E-state index >= 15 is 0 Å². The molecule has 0 bridgehead atoms. The highest BCUT2D eigenvalue weighted by molar-refractivity contribution is 9.10. The maximum Gasteiger partial charge on any atom is 0.207 e. The molecule has 82 valence electrons. The Hall–Kier alpha value is -0.490. The summed E-state index contributed by atoms with van der Waals surface area (Å²) in [6.07, 6.45) is 2.68. The summed E-state index contributed by atoms with van der Waals surface area (Å²) in [5, 5.41) is 0.139. The number of halogens is 3. The summed E-state index contributed by atoms with van der Waals surface area (Å²) in [6.45, 7) is 0. The van der Waals surface area contributed by atoms with Gasteiger partial charge in [0.15, 0.2) is 0 Å². The molecule has 0 aliphatic rings. The second-order valence-corrected chi connectivity index (χ2v) is 5.66. The summed E-state index contributed by atoms with van der Waals surface area (Å²) in [6, 6.07) is 1.65. The van der Waals surface area contributed by atoms with Gasteiger partial charge in [0, 0.05) is 10.7 Å².